The Labute approximate surface area is 138 Å². The van der Waals surface area contributed by atoms with Gasteiger partial charge in [0.25, 0.3) is 0 Å². The number of carbonyl (C=O) groups excluding carboxylic acids is 1. The van der Waals surface area contributed by atoms with Crippen LogP contribution >= 0.6 is 0 Å². The van der Waals surface area contributed by atoms with Gasteiger partial charge in [-0.05, 0) is 17.9 Å². The fourth-order valence-corrected chi connectivity index (χ4v) is 2.97. The molecule has 1 unspecified atom stereocenters. The molecule has 0 bridgehead atoms. The molecule has 1 saturated heterocycles. The molecule has 0 aromatic heterocycles. The van der Waals surface area contributed by atoms with E-state index < -0.39 is 0 Å². The second kappa shape index (κ2) is 9.01. The van der Waals surface area contributed by atoms with Crippen LogP contribution in [0.3, 0.4) is 0 Å². The van der Waals surface area contributed by atoms with Crippen molar-refractivity contribution >= 4 is 5.91 Å². The summed E-state index contributed by atoms with van der Waals surface area (Å²) >= 11 is 0. The van der Waals surface area contributed by atoms with Crippen molar-refractivity contribution in [3.8, 4) is 0 Å². The number of β-amino-alcohol motifs (C(OH)–C–C–N with tert-alkyl or cyclic N) is 1. The summed E-state index contributed by atoms with van der Waals surface area (Å²) in [5.74, 6) is 0.545. The van der Waals surface area contributed by atoms with Crippen LogP contribution in [-0.2, 0) is 16.2 Å². The Morgan fingerprint density at radius 3 is 2.78 bits per heavy atom. The third kappa shape index (κ3) is 5.03. The van der Waals surface area contributed by atoms with Gasteiger partial charge in [0, 0.05) is 13.1 Å². The molecule has 128 valence electrons. The van der Waals surface area contributed by atoms with Crippen LogP contribution < -0.4 is 5.48 Å². The second-order valence-electron chi connectivity index (χ2n) is 6.36. The minimum atomic E-state index is -0.0766. The molecule has 1 fully saturated rings. The Hall–Kier alpha value is -1.43. The van der Waals surface area contributed by atoms with E-state index in [1.807, 2.05) is 30.3 Å². The van der Waals surface area contributed by atoms with E-state index in [2.05, 4.69) is 19.3 Å². The number of rotatable bonds is 9. The SMILES string of the molecule is CCC(C)C[C@@H]1C(=O)N(CCO)C[C@H]1NOCc1ccccc1. The van der Waals surface area contributed by atoms with Crippen molar-refractivity contribution in [3.05, 3.63) is 35.9 Å². The number of hydrogen-bond acceptors (Lipinski definition) is 4. The molecule has 2 N–H and O–H groups in total. The normalized spacial score (nSPS) is 22.6. The monoisotopic (exact) mass is 320 g/mol. The molecule has 1 aromatic rings. The fraction of sp³-hybridized carbons (Fsp3) is 0.611. The van der Waals surface area contributed by atoms with Gasteiger partial charge in [0.15, 0.2) is 0 Å². The lowest BCUT2D eigenvalue weighted by atomic mass is 9.90. The van der Waals surface area contributed by atoms with Crippen LogP contribution in [0.2, 0.25) is 0 Å². The number of hydrogen-bond donors (Lipinski definition) is 2. The Morgan fingerprint density at radius 2 is 2.13 bits per heavy atom. The summed E-state index contributed by atoms with van der Waals surface area (Å²) in [5, 5.41) is 9.12. The molecule has 1 aliphatic heterocycles. The first-order valence-electron chi connectivity index (χ1n) is 8.46. The highest BCUT2D eigenvalue weighted by molar-refractivity contribution is 5.82. The molecular formula is C18H28N2O3. The van der Waals surface area contributed by atoms with Gasteiger partial charge in [-0.15, -0.1) is 0 Å². The lowest BCUT2D eigenvalue weighted by molar-refractivity contribution is -0.132. The molecule has 0 saturated carbocycles. The first-order chi connectivity index (χ1) is 11.2. The topological polar surface area (TPSA) is 61.8 Å². The van der Waals surface area contributed by atoms with Crippen LogP contribution in [0.1, 0.15) is 32.3 Å². The van der Waals surface area contributed by atoms with Crippen LogP contribution in [0.15, 0.2) is 30.3 Å². The van der Waals surface area contributed by atoms with Crippen LogP contribution in [-0.4, -0.2) is 41.7 Å². The minimum absolute atomic E-state index is 0.000611. The van der Waals surface area contributed by atoms with Gasteiger partial charge in [-0.1, -0.05) is 50.6 Å². The maximum absolute atomic E-state index is 12.5. The number of aliphatic hydroxyl groups is 1. The van der Waals surface area contributed by atoms with E-state index in [-0.39, 0.29) is 24.5 Å². The summed E-state index contributed by atoms with van der Waals surface area (Å²) in [6, 6.07) is 9.93. The standard InChI is InChI=1S/C18H28N2O3/c1-3-14(2)11-16-17(12-20(9-10-21)18(16)22)19-23-13-15-7-5-4-6-8-15/h4-8,14,16-17,19,21H,3,9-13H2,1-2H3/t14?,16-,17+/m0/s1. The molecule has 0 radical (unpaired) electrons. The average Bonchev–Trinajstić information content (AvgIpc) is 2.85. The Balaban J connectivity index is 1.91. The molecule has 23 heavy (non-hydrogen) atoms. The highest BCUT2D eigenvalue weighted by atomic mass is 16.6. The summed E-state index contributed by atoms with van der Waals surface area (Å²) < 4.78 is 0. The smallest absolute Gasteiger partial charge is 0.227 e. The Kier molecular flexibility index (Phi) is 7.02. The molecule has 0 spiro atoms. The molecular weight excluding hydrogens is 292 g/mol. The van der Waals surface area contributed by atoms with Crippen LogP contribution in [0.5, 0.6) is 0 Å². The van der Waals surface area contributed by atoms with E-state index in [0.717, 1.165) is 18.4 Å². The predicted molar refractivity (Wildman–Crippen MR) is 89.4 cm³/mol. The first-order valence-corrected chi connectivity index (χ1v) is 8.46. The molecule has 1 aromatic carbocycles. The average molecular weight is 320 g/mol. The van der Waals surface area contributed by atoms with Gasteiger partial charge in [-0.3, -0.25) is 9.63 Å². The lowest BCUT2D eigenvalue weighted by Gasteiger charge is -2.20. The molecule has 3 atom stereocenters. The molecule has 2 rings (SSSR count). The summed E-state index contributed by atoms with van der Waals surface area (Å²) in [6.45, 7) is 5.77. The maximum Gasteiger partial charge on any atom is 0.227 e. The Bertz CT molecular complexity index is 480. The summed E-state index contributed by atoms with van der Waals surface area (Å²) in [7, 11) is 0. The molecule has 1 aliphatic rings. The van der Waals surface area contributed by atoms with Crippen LogP contribution in [0.25, 0.3) is 0 Å². The first kappa shape index (κ1) is 17.9. The molecule has 0 aliphatic carbocycles. The minimum Gasteiger partial charge on any atom is -0.395 e. The lowest BCUT2D eigenvalue weighted by Crippen LogP contribution is -2.37. The number of likely N-dealkylation sites (tertiary alicyclic amines) is 1. The van der Waals surface area contributed by atoms with Gasteiger partial charge < -0.3 is 10.0 Å². The molecule has 1 amide bonds. The van der Waals surface area contributed by atoms with Crippen LogP contribution in [0, 0.1) is 11.8 Å². The van der Waals surface area contributed by atoms with Gasteiger partial charge >= 0.3 is 0 Å². The highest BCUT2D eigenvalue weighted by Gasteiger charge is 2.40. The predicted octanol–water partition coefficient (Wildman–Crippen LogP) is 1.96. The number of carbonyl (C=O) groups is 1. The Morgan fingerprint density at radius 1 is 1.39 bits per heavy atom. The molecule has 5 nitrogen and oxygen atoms in total. The maximum atomic E-state index is 12.5. The van der Waals surface area contributed by atoms with Gasteiger partial charge in [0.05, 0.1) is 25.2 Å². The van der Waals surface area contributed by atoms with Crippen molar-refractivity contribution in [1.82, 2.24) is 10.4 Å². The van der Waals surface area contributed by atoms with E-state index in [1.165, 1.54) is 0 Å². The van der Waals surface area contributed by atoms with Gasteiger partial charge in [0.1, 0.15) is 0 Å². The largest absolute Gasteiger partial charge is 0.395 e. The van der Waals surface area contributed by atoms with Crippen LogP contribution in [0.4, 0.5) is 0 Å². The van der Waals surface area contributed by atoms with E-state index in [1.54, 1.807) is 4.90 Å². The third-order valence-corrected chi connectivity index (χ3v) is 4.57. The van der Waals surface area contributed by atoms with Crippen molar-refractivity contribution < 1.29 is 14.7 Å². The number of aliphatic hydroxyl groups excluding tert-OH is 1. The zero-order chi connectivity index (χ0) is 16.7. The van der Waals surface area contributed by atoms with Crippen molar-refractivity contribution in [2.24, 2.45) is 11.8 Å². The van der Waals surface area contributed by atoms with E-state index in [9.17, 15) is 4.79 Å². The third-order valence-electron chi connectivity index (χ3n) is 4.57. The van der Waals surface area contributed by atoms with Gasteiger partial charge in [-0.25, -0.2) is 0 Å². The van der Waals surface area contributed by atoms with E-state index >= 15 is 0 Å². The number of amides is 1. The van der Waals surface area contributed by atoms with Crippen molar-refractivity contribution in [3.63, 3.8) is 0 Å². The highest BCUT2D eigenvalue weighted by Crippen LogP contribution is 2.26. The zero-order valence-corrected chi connectivity index (χ0v) is 14.1. The zero-order valence-electron chi connectivity index (χ0n) is 14.1. The number of nitrogens with one attached hydrogen (secondary N) is 1. The van der Waals surface area contributed by atoms with Crippen molar-refractivity contribution in [2.75, 3.05) is 19.7 Å². The number of nitrogens with zero attached hydrogens (tertiary/aromatic N) is 1. The summed E-state index contributed by atoms with van der Waals surface area (Å²) in [4.78, 5) is 19.9. The quantitative estimate of drug-likeness (QED) is 0.683. The summed E-state index contributed by atoms with van der Waals surface area (Å²) in [6.07, 6.45) is 1.91. The summed E-state index contributed by atoms with van der Waals surface area (Å²) in [5.41, 5.74) is 4.18. The van der Waals surface area contributed by atoms with Gasteiger partial charge in [-0.2, -0.15) is 5.48 Å². The fourth-order valence-electron chi connectivity index (χ4n) is 2.97. The molecule has 1 heterocycles. The van der Waals surface area contributed by atoms with Gasteiger partial charge in [0.2, 0.25) is 5.91 Å². The number of benzene rings is 1. The van der Waals surface area contributed by atoms with Crippen molar-refractivity contribution in [1.29, 1.82) is 0 Å². The van der Waals surface area contributed by atoms with Crippen molar-refractivity contribution in [2.45, 2.75) is 39.3 Å². The van der Waals surface area contributed by atoms with E-state index in [4.69, 9.17) is 9.94 Å². The molecule has 5 heteroatoms. The number of hydroxylamine groups is 1. The van der Waals surface area contributed by atoms with E-state index in [0.29, 0.717) is 25.6 Å². The second-order valence-corrected chi connectivity index (χ2v) is 6.36.